The molecule has 382 valence electrons. The Labute approximate surface area is 460 Å². The van der Waals surface area contributed by atoms with Crippen LogP contribution in [0.2, 0.25) is 0 Å². The van der Waals surface area contributed by atoms with Crippen molar-refractivity contribution in [2.24, 2.45) is 0 Å². The summed E-state index contributed by atoms with van der Waals surface area (Å²) in [5, 5.41) is 13.0. The fraction of sp³-hybridized carbons (Fsp3) is 0.0811. The van der Waals surface area contributed by atoms with Gasteiger partial charge in [-0.25, -0.2) is 0 Å². The molecule has 6 nitrogen and oxygen atoms in total. The summed E-state index contributed by atoms with van der Waals surface area (Å²) in [7, 11) is 0. The van der Waals surface area contributed by atoms with E-state index in [1.807, 2.05) is 24.3 Å². The fourth-order valence-corrected chi connectivity index (χ4v) is 12.4. The van der Waals surface area contributed by atoms with Gasteiger partial charge >= 0.3 is 0 Å². The van der Waals surface area contributed by atoms with E-state index in [1.165, 1.54) is 11.1 Å². The smallest absolute Gasteiger partial charge is 0.147 e. The lowest BCUT2D eigenvalue weighted by Crippen LogP contribution is -2.10. The number of furan rings is 4. The van der Waals surface area contributed by atoms with Crippen LogP contribution in [-0.2, 0) is 0 Å². The molecule has 80 heavy (non-hydrogen) atoms. The van der Waals surface area contributed by atoms with Gasteiger partial charge in [-0.05, 0) is 177 Å². The second-order valence-electron chi connectivity index (χ2n) is 22.1. The predicted octanol–water partition coefficient (Wildman–Crippen LogP) is 22.4. The molecule has 0 amide bonds. The lowest BCUT2D eigenvalue weighted by Gasteiger charge is -2.26. The largest absolute Gasteiger partial charge is 0.456 e. The zero-order valence-corrected chi connectivity index (χ0v) is 44.6. The summed E-state index contributed by atoms with van der Waals surface area (Å²) in [5.41, 5.74) is 17.7. The van der Waals surface area contributed by atoms with E-state index in [-0.39, 0.29) is 0 Å². The minimum Gasteiger partial charge on any atom is -0.456 e. The molecule has 4 heterocycles. The van der Waals surface area contributed by atoms with Crippen LogP contribution in [0.4, 0.5) is 34.1 Å². The molecule has 6 heteroatoms. The van der Waals surface area contributed by atoms with Crippen LogP contribution >= 0.6 is 0 Å². The highest BCUT2D eigenvalue weighted by Crippen LogP contribution is 2.48. The van der Waals surface area contributed by atoms with E-state index in [2.05, 4.69) is 244 Å². The van der Waals surface area contributed by atoms with E-state index in [0.29, 0.717) is 11.8 Å². The summed E-state index contributed by atoms with van der Waals surface area (Å²) in [6.07, 6.45) is 0. The van der Waals surface area contributed by atoms with Crippen molar-refractivity contribution in [3.63, 3.8) is 0 Å². The maximum absolute atomic E-state index is 7.11. The Morgan fingerprint density at radius 1 is 0.263 bits per heavy atom. The van der Waals surface area contributed by atoms with Gasteiger partial charge in [0.25, 0.3) is 0 Å². The first-order valence-electron chi connectivity index (χ1n) is 27.7. The van der Waals surface area contributed by atoms with Crippen molar-refractivity contribution in [2.75, 3.05) is 9.80 Å². The number of benzene rings is 12. The summed E-state index contributed by atoms with van der Waals surface area (Å²) < 4.78 is 26.8. The topological polar surface area (TPSA) is 59.0 Å². The van der Waals surface area contributed by atoms with Crippen LogP contribution in [0.1, 0.15) is 50.7 Å². The van der Waals surface area contributed by atoms with Crippen LogP contribution in [0.3, 0.4) is 0 Å². The molecule has 0 aliphatic heterocycles. The SMILES string of the molecule is CC(C)c1ccc(N(c2ccc3cc4c(cc3c2)oc2c(-c3ccccc3)c3oc5cc6cc(N(c7ccc(C(C)C)cc7)c7ccc8oc9ccccc9c8c7)ccc6cc5c3cc24)c2ccc3oc4ccccc4c3c2)cc1. The molecule has 0 fully saturated rings. The Bertz CT molecular complexity index is 4830. The van der Waals surface area contributed by atoms with Gasteiger partial charge in [-0.15, -0.1) is 0 Å². The molecule has 0 spiro atoms. The molecule has 0 aliphatic rings. The summed E-state index contributed by atoms with van der Waals surface area (Å²) in [4.78, 5) is 4.69. The minimum absolute atomic E-state index is 0.422. The van der Waals surface area contributed by atoms with Gasteiger partial charge in [-0.2, -0.15) is 0 Å². The van der Waals surface area contributed by atoms with E-state index < -0.39 is 0 Å². The number of fused-ring (bicyclic) bond motifs is 14. The highest BCUT2D eigenvalue weighted by molar-refractivity contribution is 6.24. The van der Waals surface area contributed by atoms with Crippen molar-refractivity contribution in [3.05, 3.63) is 242 Å². The van der Waals surface area contributed by atoms with Crippen LogP contribution in [0.15, 0.2) is 248 Å². The molecule has 16 aromatic rings. The minimum atomic E-state index is 0.422. The van der Waals surface area contributed by atoms with Gasteiger partial charge < -0.3 is 27.5 Å². The third-order valence-electron chi connectivity index (χ3n) is 16.5. The van der Waals surface area contributed by atoms with E-state index in [0.717, 1.165) is 155 Å². The lowest BCUT2D eigenvalue weighted by atomic mass is 9.97. The van der Waals surface area contributed by atoms with Crippen LogP contribution in [0.5, 0.6) is 0 Å². The van der Waals surface area contributed by atoms with Gasteiger partial charge in [-0.1, -0.05) is 131 Å². The number of anilines is 6. The van der Waals surface area contributed by atoms with Crippen molar-refractivity contribution in [2.45, 2.75) is 39.5 Å². The first-order valence-corrected chi connectivity index (χ1v) is 27.7. The zero-order valence-electron chi connectivity index (χ0n) is 44.6. The summed E-state index contributed by atoms with van der Waals surface area (Å²) in [5.74, 6) is 0.844. The van der Waals surface area contributed by atoms with Crippen molar-refractivity contribution < 1.29 is 17.7 Å². The van der Waals surface area contributed by atoms with Crippen molar-refractivity contribution >= 4 is 143 Å². The highest BCUT2D eigenvalue weighted by Gasteiger charge is 2.24. The predicted molar refractivity (Wildman–Crippen MR) is 334 cm³/mol. The highest BCUT2D eigenvalue weighted by atomic mass is 16.3. The van der Waals surface area contributed by atoms with Gasteiger partial charge in [0, 0.05) is 77.2 Å². The Morgan fingerprint density at radius 2 is 0.650 bits per heavy atom. The van der Waals surface area contributed by atoms with E-state index in [4.69, 9.17) is 17.7 Å². The summed E-state index contributed by atoms with van der Waals surface area (Å²) >= 11 is 0. The summed E-state index contributed by atoms with van der Waals surface area (Å²) in [6, 6.07) is 82.8. The molecule has 0 aliphatic carbocycles. The molecular formula is C74H52N2O4. The van der Waals surface area contributed by atoms with Crippen LogP contribution in [-0.4, -0.2) is 0 Å². The maximum Gasteiger partial charge on any atom is 0.147 e. The Morgan fingerprint density at radius 3 is 1.11 bits per heavy atom. The molecule has 0 saturated carbocycles. The fourth-order valence-electron chi connectivity index (χ4n) is 12.4. The monoisotopic (exact) mass is 1030 g/mol. The van der Waals surface area contributed by atoms with Crippen LogP contribution in [0, 0.1) is 0 Å². The second-order valence-corrected chi connectivity index (χ2v) is 22.1. The third-order valence-corrected chi connectivity index (χ3v) is 16.5. The molecule has 0 radical (unpaired) electrons. The number of nitrogens with zero attached hydrogens (tertiary/aromatic N) is 2. The van der Waals surface area contributed by atoms with Gasteiger partial charge in [0.15, 0.2) is 0 Å². The number of hydrogen-bond acceptors (Lipinski definition) is 6. The molecular weight excluding hydrogens is 981 g/mol. The molecule has 0 saturated heterocycles. The molecule has 0 unspecified atom stereocenters. The van der Waals surface area contributed by atoms with E-state index in [9.17, 15) is 0 Å². The van der Waals surface area contributed by atoms with Gasteiger partial charge in [0.1, 0.15) is 44.7 Å². The third kappa shape index (κ3) is 7.32. The average Bonchev–Trinajstić information content (AvgIpc) is 4.46. The number of para-hydroxylation sites is 2. The molecule has 16 rings (SSSR count). The van der Waals surface area contributed by atoms with Crippen molar-refractivity contribution in [1.29, 1.82) is 0 Å². The Hall–Kier alpha value is -10.0. The average molecular weight is 1030 g/mol. The number of rotatable bonds is 9. The zero-order chi connectivity index (χ0) is 53.3. The molecule has 12 aromatic carbocycles. The normalized spacial score (nSPS) is 12.2. The first kappa shape index (κ1) is 46.1. The Balaban J connectivity index is 0.840. The van der Waals surface area contributed by atoms with Gasteiger partial charge in [0.2, 0.25) is 0 Å². The quantitative estimate of drug-likeness (QED) is 0.144. The molecule has 0 atom stereocenters. The second kappa shape index (κ2) is 17.7. The molecule has 0 N–H and O–H groups in total. The lowest BCUT2D eigenvalue weighted by molar-refractivity contribution is 0.658. The van der Waals surface area contributed by atoms with Crippen molar-refractivity contribution in [3.8, 4) is 11.1 Å². The van der Waals surface area contributed by atoms with Crippen molar-refractivity contribution in [1.82, 2.24) is 0 Å². The maximum atomic E-state index is 7.11. The first-order chi connectivity index (χ1) is 39.2. The number of hydrogen-bond donors (Lipinski definition) is 0. The van der Waals surface area contributed by atoms with Crippen LogP contribution in [0.25, 0.3) is 120 Å². The van der Waals surface area contributed by atoms with Crippen LogP contribution < -0.4 is 9.80 Å². The molecule has 4 aromatic heterocycles. The summed E-state index contributed by atoms with van der Waals surface area (Å²) in [6.45, 7) is 8.94. The van der Waals surface area contributed by atoms with Gasteiger partial charge in [-0.3, -0.25) is 0 Å². The van der Waals surface area contributed by atoms with E-state index >= 15 is 0 Å². The molecule has 0 bridgehead atoms. The standard InChI is InChI=1S/C74H52N2O4/c1-43(2)45-18-24-52(25-19-45)75(56-30-32-68-62(40-56)58-14-8-10-16-66(58)77-68)54-28-22-48-36-60-64-42-65-61-37-49-23-29-55(35-51(49)39-71(61)80-74(65)72(47-12-6-5-7-13-47)73(64)79-70(60)38-50(48)34-54)76(53-26-20-46(21-27-53)44(3)4)57-31-33-69-63(41-57)59-15-9-11-17-67(59)78-69/h5-44H,1-4H3. The Kier molecular flexibility index (Phi) is 10.2. The van der Waals surface area contributed by atoms with E-state index in [1.54, 1.807) is 0 Å². The van der Waals surface area contributed by atoms with Gasteiger partial charge in [0.05, 0.1) is 5.56 Å².